The van der Waals surface area contributed by atoms with Gasteiger partial charge >= 0.3 is 0 Å². The number of nitrogens with one attached hydrogen (secondary N) is 2. The Morgan fingerprint density at radius 2 is 2.08 bits per heavy atom. The van der Waals surface area contributed by atoms with Crippen molar-refractivity contribution in [3.63, 3.8) is 0 Å². The zero-order valence-electron chi connectivity index (χ0n) is 8.44. The van der Waals surface area contributed by atoms with Crippen LogP contribution >= 0.6 is 0 Å². The summed E-state index contributed by atoms with van der Waals surface area (Å²) in [4.78, 5) is 10.8. The molecule has 2 N–H and O–H groups in total. The Kier molecular flexibility index (Phi) is 4.83. The first kappa shape index (κ1) is 10.5. The van der Waals surface area contributed by atoms with Crippen LogP contribution < -0.4 is 10.6 Å². The predicted molar refractivity (Wildman–Crippen MR) is 53.5 cm³/mol. The molecule has 0 spiro atoms. The molecule has 3 heteroatoms. The number of likely N-dealkylation sites (N-methyl/N-ethyl adjacent to an activating group) is 1. The number of amides is 1. The van der Waals surface area contributed by atoms with Crippen LogP contribution in [0.15, 0.2) is 0 Å². The molecule has 0 aromatic carbocycles. The summed E-state index contributed by atoms with van der Waals surface area (Å²) >= 11 is 0. The third-order valence-corrected chi connectivity index (χ3v) is 2.77. The minimum atomic E-state index is 0.0754. The summed E-state index contributed by atoms with van der Waals surface area (Å²) < 4.78 is 0. The molecule has 0 aromatic heterocycles. The van der Waals surface area contributed by atoms with E-state index < -0.39 is 0 Å². The minimum absolute atomic E-state index is 0.0754. The maximum absolute atomic E-state index is 10.8. The van der Waals surface area contributed by atoms with Gasteiger partial charge in [-0.25, -0.2) is 0 Å². The van der Waals surface area contributed by atoms with E-state index in [1.165, 1.54) is 32.1 Å². The molecule has 0 saturated heterocycles. The second-order valence-electron chi connectivity index (χ2n) is 3.79. The number of hydrogen-bond acceptors (Lipinski definition) is 2. The van der Waals surface area contributed by atoms with E-state index >= 15 is 0 Å². The van der Waals surface area contributed by atoms with Crippen molar-refractivity contribution in [2.24, 2.45) is 5.92 Å². The lowest BCUT2D eigenvalue weighted by atomic mass is 10.0. The van der Waals surface area contributed by atoms with Crippen LogP contribution in [0.1, 0.15) is 32.1 Å². The smallest absolute Gasteiger partial charge is 0.233 e. The Balaban J connectivity index is 1.91. The average Bonchev–Trinajstić information content (AvgIpc) is 2.64. The second kappa shape index (κ2) is 5.97. The quantitative estimate of drug-likeness (QED) is 0.623. The van der Waals surface area contributed by atoms with Crippen LogP contribution in [0.25, 0.3) is 0 Å². The van der Waals surface area contributed by atoms with Crippen LogP contribution in [0.3, 0.4) is 0 Å². The van der Waals surface area contributed by atoms with Crippen molar-refractivity contribution in [1.29, 1.82) is 0 Å². The summed E-state index contributed by atoms with van der Waals surface area (Å²) in [5.41, 5.74) is 0. The minimum Gasteiger partial charge on any atom is -0.358 e. The molecule has 0 unspecified atom stereocenters. The standard InChI is InChI=1S/C10H20N2O/c1-11-10(13)8-12-7-6-9-4-2-3-5-9/h9,12H,2-8H2,1H3,(H,11,13). The number of rotatable bonds is 5. The van der Waals surface area contributed by atoms with Crippen molar-refractivity contribution in [2.45, 2.75) is 32.1 Å². The van der Waals surface area contributed by atoms with E-state index in [9.17, 15) is 4.79 Å². The van der Waals surface area contributed by atoms with E-state index in [1.807, 2.05) is 0 Å². The molecular formula is C10H20N2O. The summed E-state index contributed by atoms with van der Waals surface area (Å²) in [6.45, 7) is 1.45. The Morgan fingerprint density at radius 3 is 2.69 bits per heavy atom. The first-order chi connectivity index (χ1) is 6.33. The lowest BCUT2D eigenvalue weighted by Crippen LogP contribution is -2.32. The van der Waals surface area contributed by atoms with E-state index in [-0.39, 0.29) is 5.91 Å². The second-order valence-corrected chi connectivity index (χ2v) is 3.79. The van der Waals surface area contributed by atoms with Gasteiger partial charge in [0.05, 0.1) is 6.54 Å². The molecule has 3 nitrogen and oxygen atoms in total. The van der Waals surface area contributed by atoms with E-state index in [2.05, 4.69) is 10.6 Å². The topological polar surface area (TPSA) is 41.1 Å². The van der Waals surface area contributed by atoms with E-state index in [0.29, 0.717) is 6.54 Å². The Bertz CT molecular complexity index is 153. The number of hydrogen-bond donors (Lipinski definition) is 2. The summed E-state index contributed by atoms with van der Waals surface area (Å²) in [7, 11) is 1.67. The zero-order valence-corrected chi connectivity index (χ0v) is 8.44. The highest BCUT2D eigenvalue weighted by Gasteiger charge is 2.13. The Morgan fingerprint density at radius 1 is 1.38 bits per heavy atom. The molecule has 1 fully saturated rings. The van der Waals surface area contributed by atoms with Gasteiger partial charge in [-0.2, -0.15) is 0 Å². The maximum Gasteiger partial charge on any atom is 0.233 e. The largest absolute Gasteiger partial charge is 0.358 e. The molecule has 0 aromatic rings. The van der Waals surface area contributed by atoms with Gasteiger partial charge in [-0.3, -0.25) is 4.79 Å². The Labute approximate surface area is 80.3 Å². The molecule has 1 saturated carbocycles. The van der Waals surface area contributed by atoms with Gasteiger partial charge in [0, 0.05) is 7.05 Å². The van der Waals surface area contributed by atoms with E-state index in [0.717, 1.165) is 12.5 Å². The van der Waals surface area contributed by atoms with Gasteiger partial charge in [-0.1, -0.05) is 25.7 Å². The molecule has 0 aliphatic heterocycles. The van der Waals surface area contributed by atoms with Crippen molar-refractivity contribution in [3.05, 3.63) is 0 Å². The summed E-state index contributed by atoms with van der Waals surface area (Å²) in [5, 5.41) is 5.74. The van der Waals surface area contributed by atoms with Crippen molar-refractivity contribution >= 4 is 5.91 Å². The highest BCUT2D eigenvalue weighted by Crippen LogP contribution is 2.26. The fourth-order valence-electron chi connectivity index (χ4n) is 1.90. The van der Waals surface area contributed by atoms with Crippen molar-refractivity contribution < 1.29 is 4.79 Å². The van der Waals surface area contributed by atoms with Crippen LogP contribution in [0.4, 0.5) is 0 Å². The molecule has 1 aliphatic carbocycles. The van der Waals surface area contributed by atoms with E-state index in [1.54, 1.807) is 7.05 Å². The normalized spacial score (nSPS) is 17.6. The highest BCUT2D eigenvalue weighted by atomic mass is 16.1. The van der Waals surface area contributed by atoms with Crippen LogP contribution in [0.5, 0.6) is 0 Å². The third-order valence-electron chi connectivity index (χ3n) is 2.77. The van der Waals surface area contributed by atoms with Gasteiger partial charge in [0.2, 0.25) is 5.91 Å². The molecule has 0 bridgehead atoms. The van der Waals surface area contributed by atoms with Gasteiger partial charge in [-0.05, 0) is 18.9 Å². The van der Waals surface area contributed by atoms with Gasteiger partial charge < -0.3 is 10.6 Å². The van der Waals surface area contributed by atoms with Gasteiger partial charge in [0.25, 0.3) is 0 Å². The molecule has 13 heavy (non-hydrogen) atoms. The molecule has 0 atom stereocenters. The monoisotopic (exact) mass is 184 g/mol. The van der Waals surface area contributed by atoms with Gasteiger partial charge in [0.15, 0.2) is 0 Å². The fraction of sp³-hybridized carbons (Fsp3) is 0.900. The summed E-state index contributed by atoms with van der Waals surface area (Å²) in [6.07, 6.45) is 6.82. The average molecular weight is 184 g/mol. The molecule has 1 rings (SSSR count). The van der Waals surface area contributed by atoms with Crippen LogP contribution in [0, 0.1) is 5.92 Å². The van der Waals surface area contributed by atoms with Gasteiger partial charge in [0.1, 0.15) is 0 Å². The third kappa shape index (κ3) is 4.27. The van der Waals surface area contributed by atoms with Crippen molar-refractivity contribution in [1.82, 2.24) is 10.6 Å². The van der Waals surface area contributed by atoms with Crippen LogP contribution in [-0.2, 0) is 4.79 Å². The SMILES string of the molecule is CNC(=O)CNCCC1CCCC1. The molecule has 76 valence electrons. The van der Waals surface area contributed by atoms with Crippen LogP contribution in [0.2, 0.25) is 0 Å². The predicted octanol–water partition coefficient (Wildman–Crippen LogP) is 0.902. The summed E-state index contributed by atoms with van der Waals surface area (Å²) in [5.74, 6) is 0.989. The van der Waals surface area contributed by atoms with E-state index in [4.69, 9.17) is 0 Å². The first-order valence-electron chi connectivity index (χ1n) is 5.24. The maximum atomic E-state index is 10.8. The Hall–Kier alpha value is -0.570. The molecule has 1 amide bonds. The fourth-order valence-corrected chi connectivity index (χ4v) is 1.90. The molecular weight excluding hydrogens is 164 g/mol. The number of carbonyl (C=O) groups is 1. The lowest BCUT2D eigenvalue weighted by molar-refractivity contribution is -0.119. The highest BCUT2D eigenvalue weighted by molar-refractivity contribution is 5.77. The lowest BCUT2D eigenvalue weighted by Gasteiger charge is -2.08. The zero-order chi connectivity index (χ0) is 9.52. The molecule has 0 radical (unpaired) electrons. The first-order valence-corrected chi connectivity index (χ1v) is 5.24. The van der Waals surface area contributed by atoms with Gasteiger partial charge in [-0.15, -0.1) is 0 Å². The number of carbonyl (C=O) groups excluding carboxylic acids is 1. The molecule has 1 aliphatic rings. The summed E-state index contributed by atoms with van der Waals surface area (Å²) in [6, 6.07) is 0. The van der Waals surface area contributed by atoms with Crippen LogP contribution in [-0.4, -0.2) is 26.0 Å². The molecule has 0 heterocycles. The van der Waals surface area contributed by atoms with Crippen molar-refractivity contribution in [2.75, 3.05) is 20.1 Å². The van der Waals surface area contributed by atoms with Crippen molar-refractivity contribution in [3.8, 4) is 0 Å².